The first kappa shape index (κ1) is 15.0. The number of amides is 1. The van der Waals surface area contributed by atoms with Crippen LogP contribution in [0.5, 0.6) is 5.75 Å². The summed E-state index contributed by atoms with van der Waals surface area (Å²) in [7, 11) is 0. The van der Waals surface area contributed by atoms with Crippen molar-refractivity contribution in [3.63, 3.8) is 0 Å². The molecule has 6 heteroatoms. The molecule has 20 heavy (non-hydrogen) atoms. The van der Waals surface area contributed by atoms with E-state index in [1.807, 2.05) is 0 Å². The van der Waals surface area contributed by atoms with E-state index in [0.717, 1.165) is 0 Å². The molecule has 0 unspecified atom stereocenters. The second-order valence-corrected chi connectivity index (χ2v) is 5.39. The fourth-order valence-electron chi connectivity index (χ4n) is 1.63. The molecular weight excluding hydrogens is 321 g/mol. The van der Waals surface area contributed by atoms with Crippen LogP contribution < -0.4 is 5.32 Å². The minimum Gasteiger partial charge on any atom is -0.506 e. The Morgan fingerprint density at radius 1 is 1.05 bits per heavy atom. The van der Waals surface area contributed by atoms with Crippen LogP contribution in [0.4, 0.5) is 5.69 Å². The molecule has 0 aliphatic carbocycles. The Morgan fingerprint density at radius 3 is 2.50 bits per heavy atom. The Labute approximate surface area is 131 Å². The molecule has 0 atom stereocenters. The van der Waals surface area contributed by atoms with E-state index in [1.165, 1.54) is 12.1 Å². The lowest BCUT2D eigenvalue weighted by Crippen LogP contribution is -2.14. The van der Waals surface area contributed by atoms with Crippen LogP contribution in [0.25, 0.3) is 0 Å². The van der Waals surface area contributed by atoms with Gasteiger partial charge in [0.25, 0.3) is 0 Å². The number of rotatable bonds is 3. The van der Waals surface area contributed by atoms with Gasteiger partial charge in [-0.15, -0.1) is 0 Å². The predicted molar refractivity (Wildman–Crippen MR) is 81.9 cm³/mol. The highest BCUT2D eigenvalue weighted by atomic mass is 35.5. The number of anilines is 1. The van der Waals surface area contributed by atoms with Gasteiger partial charge in [0.1, 0.15) is 5.75 Å². The van der Waals surface area contributed by atoms with Crippen molar-refractivity contribution in [1.82, 2.24) is 0 Å². The third-order valence-electron chi connectivity index (χ3n) is 2.58. The molecule has 0 aromatic heterocycles. The second-order valence-electron chi connectivity index (χ2n) is 4.13. The summed E-state index contributed by atoms with van der Waals surface area (Å²) >= 11 is 17.6. The summed E-state index contributed by atoms with van der Waals surface area (Å²) in [4.78, 5) is 11.9. The minimum absolute atomic E-state index is 0.0197. The number of nitrogens with one attached hydrogen (secondary N) is 1. The van der Waals surface area contributed by atoms with Crippen LogP contribution in [0.15, 0.2) is 36.4 Å². The van der Waals surface area contributed by atoms with Gasteiger partial charge in [-0.05, 0) is 35.9 Å². The smallest absolute Gasteiger partial charge is 0.228 e. The zero-order valence-corrected chi connectivity index (χ0v) is 12.4. The lowest BCUT2D eigenvalue weighted by Gasteiger charge is -2.08. The van der Waals surface area contributed by atoms with E-state index in [4.69, 9.17) is 34.8 Å². The van der Waals surface area contributed by atoms with Crippen LogP contribution in [0.2, 0.25) is 15.1 Å². The summed E-state index contributed by atoms with van der Waals surface area (Å²) in [5, 5.41) is 13.1. The van der Waals surface area contributed by atoms with Gasteiger partial charge in [-0.1, -0.05) is 40.9 Å². The molecule has 0 spiro atoms. The first-order valence-corrected chi connectivity index (χ1v) is 6.81. The Hall–Kier alpha value is -1.42. The van der Waals surface area contributed by atoms with E-state index in [1.54, 1.807) is 24.3 Å². The zero-order chi connectivity index (χ0) is 14.7. The maximum Gasteiger partial charge on any atom is 0.228 e. The summed E-state index contributed by atoms with van der Waals surface area (Å²) < 4.78 is 0. The molecule has 104 valence electrons. The molecule has 0 saturated heterocycles. The zero-order valence-electron chi connectivity index (χ0n) is 10.2. The highest BCUT2D eigenvalue weighted by molar-refractivity contribution is 6.35. The van der Waals surface area contributed by atoms with Crippen molar-refractivity contribution in [2.75, 3.05) is 5.32 Å². The normalized spacial score (nSPS) is 10.3. The predicted octanol–water partition coefficient (Wildman–Crippen LogP) is 4.53. The van der Waals surface area contributed by atoms with Gasteiger partial charge in [0.2, 0.25) is 5.91 Å². The highest BCUT2D eigenvalue weighted by Gasteiger charge is 2.09. The van der Waals surface area contributed by atoms with Gasteiger partial charge >= 0.3 is 0 Å². The van der Waals surface area contributed by atoms with E-state index in [2.05, 4.69) is 5.32 Å². The number of halogens is 3. The standard InChI is InChI=1S/C14H10Cl3NO2/c15-9-2-3-10(16)12(7-9)18-14(20)6-8-1-4-13(19)11(17)5-8/h1-5,7,19H,6H2,(H,18,20). The first-order chi connectivity index (χ1) is 9.45. The maximum atomic E-state index is 11.9. The van der Waals surface area contributed by atoms with Crippen LogP contribution in [-0.2, 0) is 11.2 Å². The average Bonchev–Trinajstić information content (AvgIpc) is 2.38. The van der Waals surface area contributed by atoms with E-state index < -0.39 is 0 Å². The SMILES string of the molecule is O=C(Cc1ccc(O)c(Cl)c1)Nc1cc(Cl)ccc1Cl. The number of hydrogen-bond donors (Lipinski definition) is 2. The van der Waals surface area contributed by atoms with Gasteiger partial charge < -0.3 is 10.4 Å². The first-order valence-electron chi connectivity index (χ1n) is 5.68. The summed E-state index contributed by atoms with van der Waals surface area (Å²) in [5.74, 6) is -0.273. The largest absolute Gasteiger partial charge is 0.506 e. The monoisotopic (exact) mass is 329 g/mol. The van der Waals surface area contributed by atoms with Crippen LogP contribution >= 0.6 is 34.8 Å². The van der Waals surface area contributed by atoms with E-state index in [0.29, 0.717) is 21.3 Å². The van der Waals surface area contributed by atoms with Crippen molar-refractivity contribution < 1.29 is 9.90 Å². The van der Waals surface area contributed by atoms with Crippen molar-refractivity contribution in [3.8, 4) is 5.75 Å². The van der Waals surface area contributed by atoms with Gasteiger partial charge in [-0.2, -0.15) is 0 Å². The van der Waals surface area contributed by atoms with Crippen LogP contribution in [0, 0.1) is 0 Å². The van der Waals surface area contributed by atoms with Crippen LogP contribution in [0.3, 0.4) is 0 Å². The fraction of sp³-hybridized carbons (Fsp3) is 0.0714. The summed E-state index contributed by atoms with van der Waals surface area (Å²) in [6.45, 7) is 0. The molecule has 0 saturated carbocycles. The lowest BCUT2D eigenvalue weighted by molar-refractivity contribution is -0.115. The van der Waals surface area contributed by atoms with Crippen LogP contribution in [0.1, 0.15) is 5.56 Å². The van der Waals surface area contributed by atoms with E-state index in [9.17, 15) is 9.90 Å². The number of benzene rings is 2. The topological polar surface area (TPSA) is 49.3 Å². The van der Waals surface area contributed by atoms with E-state index in [-0.39, 0.29) is 23.1 Å². The second kappa shape index (κ2) is 6.35. The van der Waals surface area contributed by atoms with Gasteiger partial charge in [0, 0.05) is 5.02 Å². The Morgan fingerprint density at radius 2 is 1.80 bits per heavy atom. The summed E-state index contributed by atoms with van der Waals surface area (Å²) in [6, 6.07) is 9.43. The molecule has 0 heterocycles. The molecular formula is C14H10Cl3NO2. The molecule has 3 nitrogen and oxygen atoms in total. The average molecular weight is 331 g/mol. The molecule has 0 bridgehead atoms. The third-order valence-corrected chi connectivity index (χ3v) is 3.45. The Balaban J connectivity index is 2.09. The minimum atomic E-state index is -0.254. The lowest BCUT2D eigenvalue weighted by atomic mass is 10.1. The quantitative estimate of drug-likeness (QED) is 0.868. The van der Waals surface area contributed by atoms with Crippen molar-refractivity contribution >= 4 is 46.4 Å². The fourth-order valence-corrected chi connectivity index (χ4v) is 2.17. The number of hydrogen-bond acceptors (Lipinski definition) is 2. The molecule has 2 aromatic carbocycles. The van der Waals surface area contributed by atoms with Crippen molar-refractivity contribution in [1.29, 1.82) is 0 Å². The molecule has 0 fully saturated rings. The molecule has 0 aliphatic rings. The molecule has 1 amide bonds. The summed E-state index contributed by atoms with van der Waals surface area (Å²) in [6.07, 6.45) is 0.114. The number of carbonyl (C=O) groups is 1. The molecule has 0 radical (unpaired) electrons. The van der Waals surface area contributed by atoms with Crippen molar-refractivity contribution in [2.24, 2.45) is 0 Å². The molecule has 2 rings (SSSR count). The highest BCUT2D eigenvalue weighted by Crippen LogP contribution is 2.26. The summed E-state index contributed by atoms with van der Waals surface area (Å²) in [5.41, 5.74) is 1.14. The van der Waals surface area contributed by atoms with Gasteiger partial charge in [0.15, 0.2) is 0 Å². The Kier molecular flexibility index (Phi) is 4.76. The number of carbonyl (C=O) groups excluding carboxylic acids is 1. The van der Waals surface area contributed by atoms with Gasteiger partial charge in [-0.25, -0.2) is 0 Å². The molecule has 2 aromatic rings. The number of phenols is 1. The van der Waals surface area contributed by atoms with Gasteiger partial charge in [0.05, 0.1) is 22.2 Å². The number of aromatic hydroxyl groups is 1. The maximum absolute atomic E-state index is 11.9. The van der Waals surface area contributed by atoms with Gasteiger partial charge in [-0.3, -0.25) is 4.79 Å². The Bertz CT molecular complexity index is 659. The molecule has 2 N–H and O–H groups in total. The van der Waals surface area contributed by atoms with Crippen molar-refractivity contribution in [2.45, 2.75) is 6.42 Å². The number of phenolic OH excluding ortho intramolecular Hbond substituents is 1. The van der Waals surface area contributed by atoms with E-state index >= 15 is 0 Å². The third kappa shape index (κ3) is 3.79. The van der Waals surface area contributed by atoms with Crippen LogP contribution in [-0.4, -0.2) is 11.0 Å². The van der Waals surface area contributed by atoms with Crippen molar-refractivity contribution in [3.05, 3.63) is 57.0 Å². The molecule has 0 aliphatic heterocycles.